The van der Waals surface area contributed by atoms with Gasteiger partial charge in [-0.15, -0.1) is 0 Å². The first kappa shape index (κ1) is 16.5. The van der Waals surface area contributed by atoms with E-state index in [0.717, 1.165) is 55.1 Å². The van der Waals surface area contributed by atoms with Crippen molar-refractivity contribution in [3.63, 3.8) is 0 Å². The fourth-order valence-electron chi connectivity index (χ4n) is 3.24. The normalized spacial score (nSPS) is 15.3. The van der Waals surface area contributed by atoms with Gasteiger partial charge in [-0.3, -0.25) is 4.90 Å². The Balaban J connectivity index is 1.62. The maximum Gasteiger partial charge on any atom is 0.101 e. The Kier molecular flexibility index (Phi) is 5.14. The molecule has 0 aromatic heterocycles. The zero-order valence-corrected chi connectivity index (χ0v) is 14.1. The van der Waals surface area contributed by atoms with Crippen molar-refractivity contribution in [3.05, 3.63) is 64.7 Å². The summed E-state index contributed by atoms with van der Waals surface area (Å²) < 4.78 is 0. The van der Waals surface area contributed by atoms with Crippen LogP contribution >= 0.6 is 0 Å². The Morgan fingerprint density at radius 3 is 2.54 bits per heavy atom. The van der Waals surface area contributed by atoms with Crippen molar-refractivity contribution < 1.29 is 5.11 Å². The largest absolute Gasteiger partial charge is 0.392 e. The van der Waals surface area contributed by atoms with Gasteiger partial charge < -0.3 is 10.0 Å². The van der Waals surface area contributed by atoms with Crippen molar-refractivity contribution in [1.29, 1.82) is 5.26 Å². The first-order valence-electron chi connectivity index (χ1n) is 8.37. The topological polar surface area (TPSA) is 50.5 Å². The molecule has 0 atom stereocenters. The van der Waals surface area contributed by atoms with Crippen LogP contribution in [0.15, 0.2) is 42.5 Å². The number of aliphatic hydroxyl groups excluding tert-OH is 1. The Morgan fingerprint density at radius 2 is 1.83 bits per heavy atom. The van der Waals surface area contributed by atoms with Crippen molar-refractivity contribution >= 4 is 5.69 Å². The molecule has 1 heterocycles. The highest BCUT2D eigenvalue weighted by Gasteiger charge is 2.19. The SMILES string of the molecule is Cc1ccc(CN2CCN(c3ccccc3C#N)CC2)cc1CO. The lowest BCUT2D eigenvalue weighted by atomic mass is 10.0. The molecular weight excluding hydrogens is 298 g/mol. The number of nitriles is 1. The van der Waals surface area contributed by atoms with Crippen molar-refractivity contribution in [3.8, 4) is 6.07 Å². The average Bonchev–Trinajstić information content (AvgIpc) is 2.64. The van der Waals surface area contributed by atoms with Crippen molar-refractivity contribution in [2.24, 2.45) is 0 Å². The van der Waals surface area contributed by atoms with Crippen LogP contribution in [0.1, 0.15) is 22.3 Å². The molecule has 0 bridgehead atoms. The fourth-order valence-corrected chi connectivity index (χ4v) is 3.24. The third kappa shape index (κ3) is 3.59. The molecule has 2 aromatic rings. The van der Waals surface area contributed by atoms with Crippen LogP contribution in [-0.4, -0.2) is 36.2 Å². The summed E-state index contributed by atoms with van der Waals surface area (Å²) in [6.45, 7) is 6.83. The molecule has 1 N–H and O–H groups in total. The number of aryl methyl sites for hydroxylation is 1. The zero-order valence-electron chi connectivity index (χ0n) is 14.1. The molecule has 0 amide bonds. The highest BCUT2D eigenvalue weighted by molar-refractivity contribution is 5.59. The maximum atomic E-state index is 9.41. The van der Waals surface area contributed by atoms with Gasteiger partial charge in [0.15, 0.2) is 0 Å². The van der Waals surface area contributed by atoms with Gasteiger partial charge in [0.25, 0.3) is 0 Å². The Labute approximate surface area is 143 Å². The molecule has 4 nitrogen and oxygen atoms in total. The van der Waals surface area contributed by atoms with E-state index in [-0.39, 0.29) is 6.61 Å². The van der Waals surface area contributed by atoms with Gasteiger partial charge in [0.05, 0.1) is 17.9 Å². The van der Waals surface area contributed by atoms with E-state index in [1.54, 1.807) is 0 Å². The number of hydrogen-bond donors (Lipinski definition) is 1. The Bertz CT molecular complexity index is 743. The van der Waals surface area contributed by atoms with Crippen molar-refractivity contribution in [2.75, 3.05) is 31.1 Å². The standard InChI is InChI=1S/C20H23N3O/c1-16-6-7-17(12-19(16)15-24)14-22-8-10-23(11-9-22)20-5-3-2-4-18(20)13-21/h2-7,12,24H,8-11,14-15H2,1H3. The number of aliphatic hydroxyl groups is 1. The Morgan fingerprint density at radius 1 is 1.08 bits per heavy atom. The van der Waals surface area contributed by atoms with Crippen LogP contribution in [0.4, 0.5) is 5.69 Å². The van der Waals surface area contributed by atoms with E-state index in [0.29, 0.717) is 0 Å². The summed E-state index contributed by atoms with van der Waals surface area (Å²) in [6, 6.07) is 16.4. The minimum absolute atomic E-state index is 0.0956. The van der Waals surface area contributed by atoms with Crippen LogP contribution < -0.4 is 4.90 Å². The number of anilines is 1. The highest BCUT2D eigenvalue weighted by Crippen LogP contribution is 2.22. The molecule has 0 saturated carbocycles. The number of hydrogen-bond acceptors (Lipinski definition) is 4. The number of para-hydroxylation sites is 1. The molecular formula is C20H23N3O. The highest BCUT2D eigenvalue weighted by atomic mass is 16.3. The van der Waals surface area contributed by atoms with Crippen LogP contribution in [0.5, 0.6) is 0 Å². The third-order valence-corrected chi connectivity index (χ3v) is 4.73. The number of nitrogens with zero attached hydrogens (tertiary/aromatic N) is 3. The minimum atomic E-state index is 0.0956. The molecule has 0 radical (unpaired) electrons. The van der Waals surface area contributed by atoms with Crippen molar-refractivity contribution in [1.82, 2.24) is 4.90 Å². The van der Waals surface area contributed by atoms with E-state index in [2.05, 4.69) is 34.1 Å². The summed E-state index contributed by atoms with van der Waals surface area (Å²) in [7, 11) is 0. The number of rotatable bonds is 4. The summed E-state index contributed by atoms with van der Waals surface area (Å²) in [6.07, 6.45) is 0. The van der Waals surface area contributed by atoms with Crippen LogP contribution in [0.3, 0.4) is 0 Å². The first-order chi connectivity index (χ1) is 11.7. The van der Waals surface area contributed by atoms with E-state index in [4.69, 9.17) is 0 Å². The number of benzene rings is 2. The second-order valence-electron chi connectivity index (χ2n) is 6.31. The second kappa shape index (κ2) is 7.48. The van der Waals surface area contributed by atoms with Gasteiger partial charge in [-0.05, 0) is 35.7 Å². The molecule has 0 spiro atoms. The van der Waals surface area contributed by atoms with E-state index in [9.17, 15) is 10.4 Å². The minimum Gasteiger partial charge on any atom is -0.392 e. The van der Waals surface area contributed by atoms with Crippen LogP contribution in [0, 0.1) is 18.3 Å². The van der Waals surface area contributed by atoms with Crippen LogP contribution in [0.25, 0.3) is 0 Å². The molecule has 0 unspecified atom stereocenters. The van der Waals surface area contributed by atoms with Gasteiger partial charge >= 0.3 is 0 Å². The summed E-state index contributed by atoms with van der Waals surface area (Å²) in [5.74, 6) is 0. The summed E-state index contributed by atoms with van der Waals surface area (Å²) >= 11 is 0. The molecule has 124 valence electrons. The summed E-state index contributed by atoms with van der Waals surface area (Å²) in [5.41, 5.74) is 5.18. The number of piperazine rings is 1. The van der Waals surface area contributed by atoms with Gasteiger partial charge in [0.2, 0.25) is 0 Å². The lowest BCUT2D eigenvalue weighted by Crippen LogP contribution is -2.46. The smallest absolute Gasteiger partial charge is 0.101 e. The van der Waals surface area contributed by atoms with E-state index in [1.807, 2.05) is 31.2 Å². The van der Waals surface area contributed by atoms with E-state index >= 15 is 0 Å². The molecule has 1 aliphatic heterocycles. The van der Waals surface area contributed by atoms with Crippen molar-refractivity contribution in [2.45, 2.75) is 20.1 Å². The summed E-state index contributed by atoms with van der Waals surface area (Å²) in [4.78, 5) is 4.72. The lowest BCUT2D eigenvalue weighted by Gasteiger charge is -2.36. The zero-order chi connectivity index (χ0) is 16.9. The third-order valence-electron chi connectivity index (χ3n) is 4.73. The van der Waals surface area contributed by atoms with Crippen LogP contribution in [-0.2, 0) is 13.2 Å². The second-order valence-corrected chi connectivity index (χ2v) is 6.31. The van der Waals surface area contributed by atoms with Gasteiger partial charge in [-0.25, -0.2) is 0 Å². The summed E-state index contributed by atoms with van der Waals surface area (Å²) in [5, 5.41) is 18.7. The molecule has 2 aromatic carbocycles. The van der Waals surface area contributed by atoms with Crippen LogP contribution in [0.2, 0.25) is 0 Å². The van der Waals surface area contributed by atoms with Gasteiger partial charge in [0, 0.05) is 32.7 Å². The molecule has 3 rings (SSSR count). The molecule has 1 saturated heterocycles. The molecule has 1 aliphatic rings. The monoisotopic (exact) mass is 321 g/mol. The molecule has 24 heavy (non-hydrogen) atoms. The fraction of sp³-hybridized carbons (Fsp3) is 0.350. The molecule has 1 fully saturated rings. The predicted octanol–water partition coefficient (Wildman–Crippen LogP) is 2.68. The lowest BCUT2D eigenvalue weighted by molar-refractivity contribution is 0.249. The van der Waals surface area contributed by atoms with Gasteiger partial charge in [0.1, 0.15) is 6.07 Å². The maximum absolute atomic E-state index is 9.41. The van der Waals surface area contributed by atoms with Gasteiger partial charge in [-0.1, -0.05) is 30.3 Å². The van der Waals surface area contributed by atoms with E-state index < -0.39 is 0 Å². The predicted molar refractivity (Wildman–Crippen MR) is 95.7 cm³/mol. The van der Waals surface area contributed by atoms with Gasteiger partial charge in [-0.2, -0.15) is 5.26 Å². The molecule has 0 aliphatic carbocycles. The van der Waals surface area contributed by atoms with E-state index in [1.165, 1.54) is 5.56 Å². The quantitative estimate of drug-likeness (QED) is 0.941. The molecule has 4 heteroatoms. The average molecular weight is 321 g/mol. The Hall–Kier alpha value is -2.35. The first-order valence-corrected chi connectivity index (χ1v) is 8.37.